The Morgan fingerprint density at radius 1 is 1.29 bits per heavy atom. The maximum Gasteiger partial charge on any atom is 0.190 e. The van der Waals surface area contributed by atoms with E-state index in [1.165, 1.54) is 0 Å². The Morgan fingerprint density at radius 3 is 2.71 bits per heavy atom. The zero-order valence-corrected chi connectivity index (χ0v) is 15.8. The molecule has 0 amide bonds. The van der Waals surface area contributed by atoms with Gasteiger partial charge in [0.2, 0.25) is 0 Å². The first-order valence-corrected chi connectivity index (χ1v) is 9.59. The zero-order valence-electron chi connectivity index (χ0n) is 13.4. The highest BCUT2D eigenvalue weighted by molar-refractivity contribution is 7.99. The van der Waals surface area contributed by atoms with Gasteiger partial charge in [0.25, 0.3) is 0 Å². The SMILES string of the molecule is CCCCSc1nc(Cl)c(C=N)c(NCC(Cl)c2ccccc2)n1. The highest BCUT2D eigenvalue weighted by Crippen LogP contribution is 2.26. The second-order valence-electron chi connectivity index (χ2n) is 5.16. The van der Waals surface area contributed by atoms with Crippen molar-refractivity contribution in [2.24, 2.45) is 0 Å². The van der Waals surface area contributed by atoms with Crippen molar-refractivity contribution in [2.45, 2.75) is 30.3 Å². The molecule has 4 nitrogen and oxygen atoms in total. The summed E-state index contributed by atoms with van der Waals surface area (Å²) in [5.74, 6) is 1.49. The molecule has 1 aromatic carbocycles. The Morgan fingerprint density at radius 2 is 2.04 bits per heavy atom. The number of benzene rings is 1. The van der Waals surface area contributed by atoms with Crippen molar-refractivity contribution in [1.82, 2.24) is 9.97 Å². The minimum Gasteiger partial charge on any atom is -0.368 e. The van der Waals surface area contributed by atoms with Gasteiger partial charge in [0.1, 0.15) is 11.0 Å². The van der Waals surface area contributed by atoms with Crippen LogP contribution in [0.15, 0.2) is 35.5 Å². The third kappa shape index (κ3) is 5.36. The van der Waals surface area contributed by atoms with Gasteiger partial charge in [0.05, 0.1) is 10.9 Å². The Hall–Kier alpha value is -1.30. The van der Waals surface area contributed by atoms with E-state index < -0.39 is 0 Å². The molecule has 2 aromatic rings. The Labute approximate surface area is 156 Å². The normalized spacial score (nSPS) is 12.0. The molecule has 0 bridgehead atoms. The topological polar surface area (TPSA) is 61.7 Å². The van der Waals surface area contributed by atoms with E-state index in [9.17, 15) is 0 Å². The monoisotopic (exact) mass is 382 g/mol. The Balaban J connectivity index is 2.10. The average molecular weight is 383 g/mol. The van der Waals surface area contributed by atoms with Crippen molar-refractivity contribution in [3.8, 4) is 0 Å². The maximum atomic E-state index is 7.54. The lowest BCUT2D eigenvalue weighted by molar-refractivity contribution is 0.885. The molecule has 1 aromatic heterocycles. The van der Waals surface area contributed by atoms with E-state index in [1.807, 2.05) is 30.3 Å². The van der Waals surface area contributed by atoms with Crippen LogP contribution in [0.4, 0.5) is 5.82 Å². The number of nitrogens with one attached hydrogen (secondary N) is 2. The maximum absolute atomic E-state index is 7.54. The summed E-state index contributed by atoms with van der Waals surface area (Å²) in [7, 11) is 0. The van der Waals surface area contributed by atoms with Gasteiger partial charge in [0.15, 0.2) is 5.16 Å². The summed E-state index contributed by atoms with van der Waals surface area (Å²) in [6.07, 6.45) is 3.38. The smallest absolute Gasteiger partial charge is 0.190 e. The van der Waals surface area contributed by atoms with Gasteiger partial charge in [-0.1, -0.05) is 67.0 Å². The molecule has 1 atom stereocenters. The molecule has 0 fully saturated rings. The summed E-state index contributed by atoms with van der Waals surface area (Å²) >= 11 is 14.2. The van der Waals surface area contributed by atoms with Gasteiger partial charge in [-0.2, -0.15) is 0 Å². The molecule has 128 valence electrons. The molecule has 24 heavy (non-hydrogen) atoms. The fraction of sp³-hybridized carbons (Fsp3) is 0.353. The van der Waals surface area contributed by atoms with Gasteiger partial charge in [-0.15, -0.1) is 11.6 Å². The summed E-state index contributed by atoms with van der Waals surface area (Å²) in [6.45, 7) is 2.63. The molecule has 2 N–H and O–H groups in total. The van der Waals surface area contributed by atoms with Crippen LogP contribution < -0.4 is 5.32 Å². The number of alkyl halides is 1. The Kier molecular flexibility index (Phi) is 7.82. The van der Waals surface area contributed by atoms with E-state index in [2.05, 4.69) is 22.2 Å². The second-order valence-corrected chi connectivity index (χ2v) is 7.11. The molecule has 0 spiro atoms. The van der Waals surface area contributed by atoms with E-state index in [0.717, 1.165) is 30.4 Å². The van der Waals surface area contributed by atoms with E-state index in [0.29, 0.717) is 23.1 Å². The first-order valence-electron chi connectivity index (χ1n) is 7.79. The van der Waals surface area contributed by atoms with Crippen LogP contribution in [0.5, 0.6) is 0 Å². The first-order chi connectivity index (χ1) is 11.7. The van der Waals surface area contributed by atoms with Crippen LogP contribution in [-0.2, 0) is 0 Å². The standard InChI is InChI=1S/C17H20Cl2N4S/c1-2-3-9-24-17-22-15(19)13(10-20)16(23-17)21-11-14(18)12-7-5-4-6-8-12/h4-8,10,14,20H,2-3,9,11H2,1H3,(H,21,22,23). The van der Waals surface area contributed by atoms with Gasteiger partial charge < -0.3 is 10.7 Å². The number of thioether (sulfide) groups is 1. The number of hydrogen-bond donors (Lipinski definition) is 2. The predicted octanol–water partition coefficient (Wildman–Crippen LogP) is 5.41. The van der Waals surface area contributed by atoms with E-state index in [1.54, 1.807) is 11.8 Å². The lowest BCUT2D eigenvalue weighted by Gasteiger charge is -2.14. The van der Waals surface area contributed by atoms with Crippen LogP contribution in [0.3, 0.4) is 0 Å². The largest absolute Gasteiger partial charge is 0.368 e. The fourth-order valence-corrected chi connectivity index (χ4v) is 3.45. The van der Waals surface area contributed by atoms with Crippen LogP contribution in [0.2, 0.25) is 5.15 Å². The van der Waals surface area contributed by atoms with Gasteiger partial charge in [-0.3, -0.25) is 0 Å². The van der Waals surface area contributed by atoms with Crippen molar-refractivity contribution in [3.05, 3.63) is 46.6 Å². The van der Waals surface area contributed by atoms with Crippen molar-refractivity contribution in [3.63, 3.8) is 0 Å². The summed E-state index contributed by atoms with van der Waals surface area (Å²) in [5, 5.41) is 11.4. The van der Waals surface area contributed by atoms with Crippen molar-refractivity contribution in [2.75, 3.05) is 17.6 Å². The molecule has 0 aliphatic rings. The molecule has 0 saturated carbocycles. The molecule has 0 saturated heterocycles. The number of aromatic nitrogens is 2. The Bertz CT molecular complexity index is 667. The zero-order chi connectivity index (χ0) is 17.4. The van der Waals surface area contributed by atoms with Gasteiger partial charge in [-0.05, 0) is 12.0 Å². The van der Waals surface area contributed by atoms with E-state index in [4.69, 9.17) is 28.6 Å². The number of halogens is 2. The molecule has 0 aliphatic heterocycles. The van der Waals surface area contributed by atoms with E-state index in [-0.39, 0.29) is 10.5 Å². The second kappa shape index (κ2) is 9.87. The van der Waals surface area contributed by atoms with Crippen LogP contribution in [0.25, 0.3) is 0 Å². The third-order valence-electron chi connectivity index (χ3n) is 3.36. The molecule has 7 heteroatoms. The van der Waals surface area contributed by atoms with Crippen molar-refractivity contribution in [1.29, 1.82) is 5.41 Å². The highest BCUT2D eigenvalue weighted by Gasteiger charge is 2.14. The molecule has 0 aliphatic carbocycles. The van der Waals surface area contributed by atoms with Crippen molar-refractivity contribution >= 4 is 47.0 Å². The van der Waals surface area contributed by atoms with Crippen LogP contribution in [0.1, 0.15) is 36.3 Å². The highest BCUT2D eigenvalue weighted by atomic mass is 35.5. The number of unbranched alkanes of at least 4 members (excludes halogenated alkanes) is 1. The van der Waals surface area contributed by atoms with Crippen molar-refractivity contribution < 1.29 is 0 Å². The number of anilines is 1. The lowest BCUT2D eigenvalue weighted by atomic mass is 10.1. The fourth-order valence-electron chi connectivity index (χ4n) is 2.02. The van der Waals surface area contributed by atoms with Gasteiger partial charge in [-0.25, -0.2) is 9.97 Å². The number of hydrogen-bond acceptors (Lipinski definition) is 5. The quantitative estimate of drug-likeness (QED) is 0.152. The summed E-state index contributed by atoms with van der Waals surface area (Å²) in [6, 6.07) is 9.83. The molecule has 0 radical (unpaired) electrons. The number of rotatable bonds is 9. The van der Waals surface area contributed by atoms with Crippen LogP contribution in [0, 0.1) is 5.41 Å². The summed E-state index contributed by atoms with van der Waals surface area (Å²) in [4.78, 5) is 8.74. The molecular weight excluding hydrogens is 363 g/mol. The van der Waals surface area contributed by atoms with Crippen LogP contribution >= 0.6 is 35.0 Å². The summed E-state index contributed by atoms with van der Waals surface area (Å²) in [5.41, 5.74) is 1.51. The number of nitrogens with zero attached hydrogens (tertiary/aromatic N) is 2. The first kappa shape index (κ1) is 19.0. The molecule has 2 rings (SSSR count). The third-order valence-corrected chi connectivity index (χ3v) is 4.99. The van der Waals surface area contributed by atoms with Gasteiger partial charge >= 0.3 is 0 Å². The minimum absolute atomic E-state index is 0.199. The molecular formula is C17H20Cl2N4S. The summed E-state index contributed by atoms with van der Waals surface area (Å²) < 4.78 is 0. The molecule has 1 unspecified atom stereocenters. The predicted molar refractivity (Wildman–Crippen MR) is 104 cm³/mol. The van der Waals surface area contributed by atoms with Gasteiger partial charge in [0, 0.05) is 18.5 Å². The van der Waals surface area contributed by atoms with Crippen LogP contribution in [-0.4, -0.2) is 28.5 Å². The average Bonchev–Trinajstić information content (AvgIpc) is 2.60. The molecule has 1 heterocycles. The minimum atomic E-state index is -0.199. The lowest BCUT2D eigenvalue weighted by Crippen LogP contribution is -2.12. The van der Waals surface area contributed by atoms with E-state index >= 15 is 0 Å².